The lowest BCUT2D eigenvalue weighted by molar-refractivity contribution is -0.401. The van der Waals surface area contributed by atoms with Crippen LogP contribution in [0, 0.1) is 10.1 Å². The van der Waals surface area contributed by atoms with E-state index in [-0.39, 0.29) is 0 Å². The van der Waals surface area contributed by atoms with Gasteiger partial charge in [-0.1, -0.05) is 0 Å². The number of nitrogens with zero attached hydrogens (tertiary/aromatic N) is 2. The molecule has 1 aliphatic heterocycles. The van der Waals surface area contributed by atoms with E-state index in [4.69, 9.17) is 9.15 Å². The van der Waals surface area contributed by atoms with Crippen molar-refractivity contribution >= 4 is 27.9 Å². The van der Waals surface area contributed by atoms with Crippen LogP contribution in [0.4, 0.5) is 5.88 Å². The van der Waals surface area contributed by atoms with E-state index < -0.39 is 4.92 Å². The minimum Gasteiger partial charge on any atom is -0.440 e. The van der Waals surface area contributed by atoms with Gasteiger partial charge in [0.15, 0.2) is 0 Å². The monoisotopic (exact) mass is 302 g/mol. The Morgan fingerprint density at radius 2 is 2.18 bits per heavy atom. The van der Waals surface area contributed by atoms with Crippen molar-refractivity contribution in [1.82, 2.24) is 0 Å². The standard InChI is InChI=1S/C10H11BrN2O4/c11-9-7-8(1-2-13(14)15)17-10(9)12-3-5-16-6-4-12/h1-2,7H,3-6H2/b2-1+. The van der Waals surface area contributed by atoms with Crippen molar-refractivity contribution in [2.75, 3.05) is 31.2 Å². The van der Waals surface area contributed by atoms with Crippen LogP contribution in [0.15, 0.2) is 21.2 Å². The molecule has 1 aromatic rings. The summed E-state index contributed by atoms with van der Waals surface area (Å²) in [7, 11) is 0. The highest BCUT2D eigenvalue weighted by molar-refractivity contribution is 9.10. The Morgan fingerprint density at radius 3 is 2.82 bits per heavy atom. The molecule has 0 aliphatic carbocycles. The number of hydrogen-bond donors (Lipinski definition) is 0. The van der Waals surface area contributed by atoms with E-state index in [1.165, 1.54) is 6.08 Å². The molecule has 0 unspecified atom stereocenters. The van der Waals surface area contributed by atoms with Gasteiger partial charge in [-0.05, 0) is 15.9 Å². The van der Waals surface area contributed by atoms with Crippen molar-refractivity contribution in [2.45, 2.75) is 0 Å². The van der Waals surface area contributed by atoms with Crippen molar-refractivity contribution in [3.8, 4) is 0 Å². The van der Waals surface area contributed by atoms with Crippen LogP contribution < -0.4 is 4.90 Å². The molecule has 0 amide bonds. The van der Waals surface area contributed by atoms with Crippen molar-refractivity contribution in [3.05, 3.63) is 32.6 Å². The smallest absolute Gasteiger partial charge is 0.238 e. The SMILES string of the molecule is O=[N+]([O-])/C=C/c1cc(Br)c(N2CCOCC2)o1. The Hall–Kier alpha value is -1.34. The Labute approximate surface area is 106 Å². The van der Waals surface area contributed by atoms with Crippen molar-refractivity contribution in [1.29, 1.82) is 0 Å². The summed E-state index contributed by atoms with van der Waals surface area (Å²) in [5, 5.41) is 10.2. The van der Waals surface area contributed by atoms with Gasteiger partial charge in [0, 0.05) is 19.2 Å². The number of morpholine rings is 1. The number of furan rings is 1. The largest absolute Gasteiger partial charge is 0.440 e. The molecule has 2 rings (SSSR count). The molecule has 1 aliphatic rings. The van der Waals surface area contributed by atoms with Crippen LogP contribution in [0.5, 0.6) is 0 Å². The van der Waals surface area contributed by atoms with Crippen LogP contribution in [0.25, 0.3) is 6.08 Å². The molecule has 2 heterocycles. The number of nitro groups is 1. The summed E-state index contributed by atoms with van der Waals surface area (Å²) in [5.41, 5.74) is 0. The molecule has 1 aromatic heterocycles. The summed E-state index contributed by atoms with van der Waals surface area (Å²) in [5.74, 6) is 1.14. The Bertz CT molecular complexity index is 438. The maximum absolute atomic E-state index is 10.2. The van der Waals surface area contributed by atoms with Gasteiger partial charge in [0.25, 0.3) is 0 Å². The lowest BCUT2D eigenvalue weighted by Crippen LogP contribution is -2.36. The molecule has 1 fully saturated rings. The first-order valence-electron chi connectivity index (χ1n) is 5.10. The van der Waals surface area contributed by atoms with Gasteiger partial charge in [-0.3, -0.25) is 10.1 Å². The van der Waals surface area contributed by atoms with Crippen LogP contribution in [-0.2, 0) is 4.74 Å². The summed E-state index contributed by atoms with van der Waals surface area (Å²) >= 11 is 3.38. The summed E-state index contributed by atoms with van der Waals surface area (Å²) < 4.78 is 11.6. The predicted octanol–water partition coefficient (Wildman–Crippen LogP) is 2.13. The van der Waals surface area contributed by atoms with Crippen LogP contribution in [-0.4, -0.2) is 31.2 Å². The lowest BCUT2D eigenvalue weighted by Gasteiger charge is -2.26. The maximum atomic E-state index is 10.2. The van der Waals surface area contributed by atoms with Crippen molar-refractivity contribution < 1.29 is 14.1 Å². The maximum Gasteiger partial charge on any atom is 0.238 e. The molecule has 1 saturated heterocycles. The molecule has 0 radical (unpaired) electrons. The van der Waals surface area contributed by atoms with Crippen molar-refractivity contribution in [2.24, 2.45) is 0 Å². The predicted molar refractivity (Wildman–Crippen MR) is 65.5 cm³/mol. The highest BCUT2D eigenvalue weighted by atomic mass is 79.9. The molecule has 92 valence electrons. The minimum atomic E-state index is -0.523. The molecule has 0 spiro atoms. The Kier molecular flexibility index (Phi) is 3.80. The van der Waals surface area contributed by atoms with Crippen LogP contribution in [0.2, 0.25) is 0 Å². The van der Waals surface area contributed by atoms with E-state index in [9.17, 15) is 10.1 Å². The summed E-state index contributed by atoms with van der Waals surface area (Å²) in [6, 6.07) is 1.71. The second-order valence-electron chi connectivity index (χ2n) is 3.50. The molecule has 17 heavy (non-hydrogen) atoms. The molecule has 0 aromatic carbocycles. The lowest BCUT2D eigenvalue weighted by atomic mass is 10.4. The molecule has 7 heteroatoms. The minimum absolute atomic E-state index is 0.454. The number of ether oxygens (including phenoxy) is 1. The van der Waals surface area contributed by atoms with Crippen LogP contribution in [0.1, 0.15) is 5.76 Å². The molecule has 0 N–H and O–H groups in total. The first-order chi connectivity index (χ1) is 8.16. The average Bonchev–Trinajstić information content (AvgIpc) is 2.69. The number of anilines is 1. The fourth-order valence-corrected chi connectivity index (χ4v) is 2.13. The summed E-state index contributed by atoms with van der Waals surface area (Å²) in [6.45, 7) is 2.83. The normalized spacial score (nSPS) is 16.6. The average molecular weight is 303 g/mol. The van der Waals surface area contributed by atoms with E-state index in [0.29, 0.717) is 24.9 Å². The fraction of sp³-hybridized carbons (Fsp3) is 0.400. The fourth-order valence-electron chi connectivity index (χ4n) is 1.57. The van der Waals surface area contributed by atoms with Gasteiger partial charge in [0.05, 0.1) is 28.7 Å². The highest BCUT2D eigenvalue weighted by Gasteiger charge is 2.18. The summed E-state index contributed by atoms with van der Waals surface area (Å²) in [4.78, 5) is 11.7. The Morgan fingerprint density at radius 1 is 1.47 bits per heavy atom. The van der Waals surface area contributed by atoms with Gasteiger partial charge in [-0.15, -0.1) is 0 Å². The molecular formula is C10H11BrN2O4. The third-order valence-corrected chi connectivity index (χ3v) is 2.91. The molecule has 0 atom stereocenters. The first-order valence-corrected chi connectivity index (χ1v) is 5.90. The van der Waals surface area contributed by atoms with Gasteiger partial charge in [-0.2, -0.15) is 0 Å². The number of rotatable bonds is 3. The zero-order chi connectivity index (χ0) is 12.3. The second-order valence-corrected chi connectivity index (χ2v) is 4.36. The van der Waals surface area contributed by atoms with Crippen LogP contribution >= 0.6 is 15.9 Å². The zero-order valence-corrected chi connectivity index (χ0v) is 10.6. The van der Waals surface area contributed by atoms with Gasteiger partial charge in [-0.25, -0.2) is 0 Å². The van der Waals surface area contributed by atoms with Gasteiger partial charge >= 0.3 is 0 Å². The quantitative estimate of drug-likeness (QED) is 0.632. The molecule has 6 nitrogen and oxygen atoms in total. The van der Waals surface area contributed by atoms with E-state index in [2.05, 4.69) is 15.9 Å². The van der Waals surface area contributed by atoms with Gasteiger partial charge in [0.1, 0.15) is 5.76 Å². The van der Waals surface area contributed by atoms with Gasteiger partial charge < -0.3 is 14.1 Å². The third kappa shape index (κ3) is 3.07. The Balaban J connectivity index is 2.15. The summed E-state index contributed by atoms with van der Waals surface area (Å²) in [6.07, 6.45) is 2.18. The topological polar surface area (TPSA) is 68.8 Å². The van der Waals surface area contributed by atoms with E-state index in [0.717, 1.165) is 23.8 Å². The molecule has 0 bridgehead atoms. The van der Waals surface area contributed by atoms with E-state index in [1.54, 1.807) is 6.07 Å². The number of hydrogen-bond acceptors (Lipinski definition) is 5. The zero-order valence-electron chi connectivity index (χ0n) is 8.97. The molecule has 0 saturated carbocycles. The van der Waals surface area contributed by atoms with E-state index >= 15 is 0 Å². The van der Waals surface area contributed by atoms with Gasteiger partial charge in [0.2, 0.25) is 12.1 Å². The first kappa shape index (κ1) is 12.1. The second kappa shape index (κ2) is 5.33. The van der Waals surface area contributed by atoms with Crippen LogP contribution in [0.3, 0.4) is 0 Å². The highest BCUT2D eigenvalue weighted by Crippen LogP contribution is 2.31. The van der Waals surface area contributed by atoms with E-state index in [1.807, 2.05) is 4.90 Å². The van der Waals surface area contributed by atoms with Crippen molar-refractivity contribution in [3.63, 3.8) is 0 Å². The third-order valence-electron chi connectivity index (χ3n) is 2.35. The molecular weight excluding hydrogens is 292 g/mol. The number of halogens is 1.